The van der Waals surface area contributed by atoms with Crippen molar-refractivity contribution in [3.8, 4) is 0 Å². The van der Waals surface area contributed by atoms with Gasteiger partial charge in [-0.15, -0.1) is 0 Å². The molecule has 1 atom stereocenters. The van der Waals surface area contributed by atoms with Gasteiger partial charge in [-0.05, 0) is 62.0 Å². The first-order valence-corrected chi connectivity index (χ1v) is 9.70. The summed E-state index contributed by atoms with van der Waals surface area (Å²) in [5.74, 6) is 0.528. The molecule has 24 heavy (non-hydrogen) atoms. The first-order chi connectivity index (χ1) is 11.6. The van der Waals surface area contributed by atoms with Gasteiger partial charge < -0.3 is 21.3 Å². The van der Waals surface area contributed by atoms with Crippen molar-refractivity contribution in [1.29, 1.82) is 0 Å². The molecule has 0 radical (unpaired) electrons. The summed E-state index contributed by atoms with van der Waals surface area (Å²) >= 11 is 1.62. The molecule has 6 nitrogen and oxygen atoms in total. The largest absolute Gasteiger partial charge is 0.372 e. The van der Waals surface area contributed by atoms with Crippen LogP contribution in [0.5, 0.6) is 0 Å². The normalized spacial score (nSPS) is 15.6. The average Bonchev–Trinajstić information content (AvgIpc) is 2.59. The second-order valence-electron chi connectivity index (χ2n) is 5.93. The van der Waals surface area contributed by atoms with Gasteiger partial charge in [0.2, 0.25) is 5.91 Å². The molecule has 4 N–H and O–H groups in total. The molecule has 1 aromatic rings. The van der Waals surface area contributed by atoms with Gasteiger partial charge in [0.05, 0.1) is 0 Å². The van der Waals surface area contributed by atoms with Crippen LogP contribution in [0, 0.1) is 0 Å². The minimum Gasteiger partial charge on any atom is -0.372 e. The molecule has 0 bridgehead atoms. The Balaban J connectivity index is 1.95. The highest BCUT2D eigenvalue weighted by atomic mass is 32.2. The summed E-state index contributed by atoms with van der Waals surface area (Å²) in [5, 5.41) is 5.35. The number of hydrogen-bond acceptors (Lipinski definition) is 4. The Bertz CT molecular complexity index is 544. The van der Waals surface area contributed by atoms with Crippen molar-refractivity contribution in [2.24, 2.45) is 5.73 Å². The van der Waals surface area contributed by atoms with Gasteiger partial charge in [0.1, 0.15) is 6.04 Å². The van der Waals surface area contributed by atoms with Crippen LogP contribution in [0.4, 0.5) is 16.2 Å². The number of nitrogens with zero attached hydrogens (tertiary/aromatic N) is 1. The van der Waals surface area contributed by atoms with Crippen LogP contribution in [0.15, 0.2) is 24.3 Å². The monoisotopic (exact) mass is 350 g/mol. The van der Waals surface area contributed by atoms with E-state index in [1.54, 1.807) is 11.8 Å². The number of carbonyl (C=O) groups excluding carboxylic acids is 2. The van der Waals surface area contributed by atoms with E-state index in [4.69, 9.17) is 5.73 Å². The molecular weight excluding hydrogens is 324 g/mol. The van der Waals surface area contributed by atoms with Crippen LogP contribution in [0.2, 0.25) is 0 Å². The summed E-state index contributed by atoms with van der Waals surface area (Å²) in [7, 11) is 0. The maximum absolute atomic E-state index is 12.3. The Labute approximate surface area is 147 Å². The lowest BCUT2D eigenvalue weighted by atomic mass is 10.1. The quantitative estimate of drug-likeness (QED) is 0.705. The minimum absolute atomic E-state index is 0.242. The Morgan fingerprint density at radius 2 is 1.88 bits per heavy atom. The van der Waals surface area contributed by atoms with E-state index in [9.17, 15) is 9.59 Å². The molecule has 132 valence electrons. The number of primary amides is 1. The SMILES string of the molecule is CSCCC(NC(N)=O)C(=O)Nc1ccc(N2CCCCC2)cc1. The number of hydrogen-bond donors (Lipinski definition) is 3. The maximum atomic E-state index is 12.3. The third kappa shape index (κ3) is 5.63. The van der Waals surface area contributed by atoms with E-state index in [1.165, 1.54) is 24.9 Å². The number of rotatable bonds is 7. The molecule has 1 heterocycles. The number of nitrogens with one attached hydrogen (secondary N) is 2. The molecule has 7 heteroatoms. The van der Waals surface area contributed by atoms with Crippen LogP contribution < -0.4 is 21.3 Å². The highest BCUT2D eigenvalue weighted by Crippen LogP contribution is 2.22. The molecule has 1 saturated heterocycles. The van der Waals surface area contributed by atoms with Crippen LogP contribution in [0.25, 0.3) is 0 Å². The zero-order valence-electron chi connectivity index (χ0n) is 14.1. The van der Waals surface area contributed by atoms with Crippen LogP contribution in [-0.4, -0.2) is 43.1 Å². The van der Waals surface area contributed by atoms with Gasteiger partial charge in [-0.2, -0.15) is 11.8 Å². The number of piperidine rings is 1. The van der Waals surface area contributed by atoms with Crippen molar-refractivity contribution in [2.75, 3.05) is 35.3 Å². The van der Waals surface area contributed by atoms with E-state index in [-0.39, 0.29) is 5.91 Å². The number of amides is 3. The highest BCUT2D eigenvalue weighted by Gasteiger charge is 2.19. The van der Waals surface area contributed by atoms with E-state index in [2.05, 4.69) is 15.5 Å². The van der Waals surface area contributed by atoms with E-state index in [1.807, 2.05) is 30.5 Å². The highest BCUT2D eigenvalue weighted by molar-refractivity contribution is 7.98. The number of nitrogens with two attached hydrogens (primary N) is 1. The fourth-order valence-electron chi connectivity index (χ4n) is 2.81. The summed E-state index contributed by atoms with van der Waals surface area (Å²) < 4.78 is 0. The predicted molar refractivity (Wildman–Crippen MR) is 101 cm³/mol. The van der Waals surface area contributed by atoms with Gasteiger partial charge in [-0.25, -0.2) is 4.79 Å². The van der Waals surface area contributed by atoms with Crippen molar-refractivity contribution in [1.82, 2.24) is 5.32 Å². The molecule has 0 saturated carbocycles. The molecule has 3 amide bonds. The zero-order valence-corrected chi connectivity index (χ0v) is 14.9. The van der Waals surface area contributed by atoms with Crippen LogP contribution in [0.3, 0.4) is 0 Å². The second-order valence-corrected chi connectivity index (χ2v) is 6.91. The van der Waals surface area contributed by atoms with E-state index < -0.39 is 12.1 Å². The third-order valence-electron chi connectivity index (χ3n) is 4.10. The molecule has 1 fully saturated rings. The number of urea groups is 1. The molecule has 0 aromatic heterocycles. The van der Waals surface area contributed by atoms with Gasteiger partial charge in [-0.3, -0.25) is 4.79 Å². The van der Waals surface area contributed by atoms with Gasteiger partial charge in [0.25, 0.3) is 0 Å². The minimum atomic E-state index is -0.684. The topological polar surface area (TPSA) is 87.5 Å². The summed E-state index contributed by atoms with van der Waals surface area (Å²) in [6.45, 7) is 2.18. The molecule has 1 aliphatic heterocycles. The lowest BCUT2D eigenvalue weighted by Gasteiger charge is -2.29. The van der Waals surface area contributed by atoms with Crippen LogP contribution >= 0.6 is 11.8 Å². The first-order valence-electron chi connectivity index (χ1n) is 8.31. The summed E-state index contributed by atoms with van der Waals surface area (Å²) in [4.78, 5) is 25.8. The second kappa shape index (κ2) is 9.42. The van der Waals surface area contributed by atoms with Gasteiger partial charge >= 0.3 is 6.03 Å². The fourth-order valence-corrected chi connectivity index (χ4v) is 3.28. The lowest BCUT2D eigenvalue weighted by Crippen LogP contribution is -2.46. The zero-order chi connectivity index (χ0) is 17.4. The summed E-state index contributed by atoms with van der Waals surface area (Å²) in [5.41, 5.74) is 7.06. The van der Waals surface area contributed by atoms with Crippen molar-refractivity contribution >= 4 is 35.1 Å². The lowest BCUT2D eigenvalue weighted by molar-refractivity contribution is -0.117. The molecule has 1 unspecified atom stereocenters. The van der Waals surface area contributed by atoms with Crippen LogP contribution in [-0.2, 0) is 4.79 Å². The van der Waals surface area contributed by atoms with Gasteiger partial charge in [0, 0.05) is 24.5 Å². The number of thioether (sulfide) groups is 1. The summed E-state index contributed by atoms with van der Waals surface area (Å²) in [6, 6.07) is 6.56. The van der Waals surface area contributed by atoms with Gasteiger partial charge in [0.15, 0.2) is 0 Å². The number of carbonyl (C=O) groups is 2. The Hall–Kier alpha value is -1.89. The van der Waals surface area contributed by atoms with Gasteiger partial charge in [-0.1, -0.05) is 0 Å². The van der Waals surface area contributed by atoms with Crippen molar-refractivity contribution in [3.63, 3.8) is 0 Å². The number of anilines is 2. The molecular formula is C17H26N4O2S. The van der Waals surface area contributed by atoms with E-state index >= 15 is 0 Å². The predicted octanol–water partition coefficient (Wildman–Crippen LogP) is 2.41. The summed E-state index contributed by atoms with van der Waals surface area (Å²) in [6.07, 6.45) is 6.26. The first kappa shape index (κ1) is 18.4. The Morgan fingerprint density at radius 3 is 2.46 bits per heavy atom. The number of benzene rings is 1. The van der Waals surface area contributed by atoms with E-state index in [0.717, 1.165) is 24.5 Å². The fraction of sp³-hybridized carbons (Fsp3) is 0.529. The molecule has 0 spiro atoms. The maximum Gasteiger partial charge on any atom is 0.312 e. The van der Waals surface area contributed by atoms with Crippen molar-refractivity contribution in [3.05, 3.63) is 24.3 Å². The Morgan fingerprint density at radius 1 is 1.21 bits per heavy atom. The van der Waals surface area contributed by atoms with E-state index in [0.29, 0.717) is 6.42 Å². The average molecular weight is 350 g/mol. The standard InChI is InChI=1S/C17H26N4O2S/c1-24-12-9-15(20-17(18)23)16(22)19-13-5-7-14(8-6-13)21-10-3-2-4-11-21/h5-8,15H,2-4,9-12H2,1H3,(H,19,22)(H3,18,20,23). The van der Waals surface area contributed by atoms with Crippen LogP contribution in [0.1, 0.15) is 25.7 Å². The molecule has 2 rings (SSSR count). The third-order valence-corrected chi connectivity index (χ3v) is 4.74. The Kier molecular flexibility index (Phi) is 7.24. The van der Waals surface area contributed by atoms with Crippen molar-refractivity contribution in [2.45, 2.75) is 31.7 Å². The molecule has 1 aromatic carbocycles. The molecule has 0 aliphatic carbocycles. The smallest absolute Gasteiger partial charge is 0.312 e. The van der Waals surface area contributed by atoms with Crippen molar-refractivity contribution < 1.29 is 9.59 Å². The molecule has 1 aliphatic rings.